The van der Waals surface area contributed by atoms with Gasteiger partial charge < -0.3 is 0 Å². The summed E-state index contributed by atoms with van der Waals surface area (Å²) in [5.74, 6) is 1.55. The zero-order chi connectivity index (χ0) is 18.9. The molecule has 2 atom stereocenters. The minimum Gasteiger partial charge on any atom is -0.252 e. The zero-order valence-corrected chi connectivity index (χ0v) is 16.7. The largest absolute Gasteiger partial charge is 0.252 e. The van der Waals surface area contributed by atoms with E-state index in [1.54, 1.807) is 0 Å². The summed E-state index contributed by atoms with van der Waals surface area (Å²) in [7, 11) is 0. The van der Waals surface area contributed by atoms with Gasteiger partial charge in [-0.3, -0.25) is 4.98 Å². The first-order valence-electron chi connectivity index (χ1n) is 10.2. The Labute approximate surface area is 163 Å². The van der Waals surface area contributed by atoms with Gasteiger partial charge in [0.25, 0.3) is 0 Å². The number of aromatic nitrogens is 1. The monoisotopic (exact) mass is 355 g/mol. The minimum absolute atomic E-state index is 0.170. The Balaban J connectivity index is 1.82. The summed E-state index contributed by atoms with van der Waals surface area (Å²) in [5.41, 5.74) is 6.24. The van der Waals surface area contributed by atoms with Crippen LogP contribution in [-0.2, 0) is 5.41 Å². The fraction of sp³-hybridized carbons (Fsp3) is 0.346. The van der Waals surface area contributed by atoms with Crippen LogP contribution in [0.4, 0.5) is 0 Å². The van der Waals surface area contributed by atoms with Crippen molar-refractivity contribution in [3.8, 4) is 22.4 Å². The fourth-order valence-corrected chi connectivity index (χ4v) is 4.48. The summed E-state index contributed by atoms with van der Waals surface area (Å²) in [6.07, 6.45) is 3.78. The summed E-state index contributed by atoms with van der Waals surface area (Å²) in [5, 5.41) is 0. The molecule has 1 heteroatoms. The molecular formula is C26H29N. The van der Waals surface area contributed by atoms with Gasteiger partial charge in [0.15, 0.2) is 0 Å². The Kier molecular flexibility index (Phi) is 4.86. The molecule has 2 aromatic carbocycles. The van der Waals surface area contributed by atoms with E-state index in [9.17, 15) is 0 Å². The van der Waals surface area contributed by atoms with E-state index in [0.717, 1.165) is 17.5 Å². The van der Waals surface area contributed by atoms with Crippen molar-refractivity contribution in [2.45, 2.75) is 45.4 Å². The van der Waals surface area contributed by atoms with Crippen LogP contribution in [0.5, 0.6) is 0 Å². The summed E-state index contributed by atoms with van der Waals surface area (Å²) < 4.78 is 0. The molecule has 1 saturated carbocycles. The third kappa shape index (κ3) is 3.69. The van der Waals surface area contributed by atoms with Crippen LogP contribution in [-0.4, -0.2) is 4.98 Å². The molecule has 0 amide bonds. The van der Waals surface area contributed by atoms with Crippen molar-refractivity contribution in [3.63, 3.8) is 0 Å². The van der Waals surface area contributed by atoms with Crippen molar-refractivity contribution in [2.75, 3.05) is 0 Å². The molecule has 0 spiro atoms. The second kappa shape index (κ2) is 7.31. The number of rotatable bonds is 4. The Morgan fingerprint density at radius 2 is 1.48 bits per heavy atom. The molecule has 1 aliphatic carbocycles. The molecular weight excluding hydrogens is 326 g/mol. The van der Waals surface area contributed by atoms with Crippen LogP contribution in [0.25, 0.3) is 22.4 Å². The molecule has 0 unspecified atom stereocenters. The lowest BCUT2D eigenvalue weighted by atomic mass is 9.81. The van der Waals surface area contributed by atoms with Gasteiger partial charge in [0.1, 0.15) is 0 Å². The molecule has 1 nitrogen and oxygen atoms in total. The lowest BCUT2D eigenvalue weighted by molar-refractivity contribution is 0.363. The Morgan fingerprint density at radius 1 is 0.852 bits per heavy atom. The lowest BCUT2D eigenvalue weighted by Gasteiger charge is -2.26. The Morgan fingerprint density at radius 3 is 2.07 bits per heavy atom. The molecule has 1 aromatic heterocycles. The summed E-state index contributed by atoms with van der Waals surface area (Å²) >= 11 is 0. The molecule has 0 aliphatic heterocycles. The molecule has 1 fully saturated rings. The molecule has 1 heterocycles. The maximum absolute atomic E-state index is 5.18. The molecule has 138 valence electrons. The van der Waals surface area contributed by atoms with E-state index < -0.39 is 0 Å². The van der Waals surface area contributed by atoms with Crippen LogP contribution in [0.15, 0.2) is 72.8 Å². The van der Waals surface area contributed by atoms with E-state index in [2.05, 4.69) is 93.6 Å². The van der Waals surface area contributed by atoms with Crippen LogP contribution in [0.2, 0.25) is 0 Å². The number of hydrogen-bond acceptors (Lipinski definition) is 1. The highest BCUT2D eigenvalue weighted by molar-refractivity contribution is 5.71. The van der Waals surface area contributed by atoms with Crippen LogP contribution >= 0.6 is 0 Å². The van der Waals surface area contributed by atoms with Gasteiger partial charge in [0.05, 0.1) is 5.69 Å². The number of nitrogens with zero attached hydrogens (tertiary/aromatic N) is 1. The fourth-order valence-electron chi connectivity index (χ4n) is 4.48. The smallest absolute Gasteiger partial charge is 0.0711 e. The highest BCUT2D eigenvalue weighted by Gasteiger charge is 2.39. The molecule has 3 aromatic rings. The molecule has 0 N–H and O–H groups in total. The third-order valence-corrected chi connectivity index (χ3v) is 6.34. The predicted octanol–water partition coefficient (Wildman–Crippen LogP) is 7.13. The van der Waals surface area contributed by atoms with E-state index in [1.165, 1.54) is 41.6 Å². The third-order valence-electron chi connectivity index (χ3n) is 6.34. The van der Waals surface area contributed by atoms with Gasteiger partial charge in [-0.05, 0) is 54.4 Å². The van der Waals surface area contributed by atoms with E-state index in [0.29, 0.717) is 0 Å². The van der Waals surface area contributed by atoms with Gasteiger partial charge >= 0.3 is 0 Å². The van der Waals surface area contributed by atoms with Gasteiger partial charge in [-0.2, -0.15) is 0 Å². The standard InChI is InChI=1S/C26H29N/c1-19(2)22-14-15-26(3,18-22)25-17-23(20-10-6-4-7-11-20)16-24(27-25)21-12-8-5-9-13-21/h4-13,16-17,19,22H,14-15,18H2,1-3H3/t22-,26-/m1/s1. The van der Waals surface area contributed by atoms with Crippen molar-refractivity contribution in [1.82, 2.24) is 4.98 Å². The summed E-state index contributed by atoms with van der Waals surface area (Å²) in [6, 6.07) is 25.9. The van der Waals surface area contributed by atoms with Crippen molar-refractivity contribution in [2.24, 2.45) is 11.8 Å². The van der Waals surface area contributed by atoms with Crippen molar-refractivity contribution in [3.05, 3.63) is 78.5 Å². The average Bonchev–Trinajstić information content (AvgIpc) is 3.13. The van der Waals surface area contributed by atoms with Crippen molar-refractivity contribution < 1.29 is 0 Å². The molecule has 0 saturated heterocycles. The Bertz CT molecular complexity index is 840. The molecule has 0 bridgehead atoms. The van der Waals surface area contributed by atoms with Gasteiger partial charge in [-0.25, -0.2) is 0 Å². The molecule has 0 radical (unpaired) electrons. The second-order valence-corrected chi connectivity index (χ2v) is 8.67. The maximum atomic E-state index is 5.18. The van der Waals surface area contributed by atoms with Crippen LogP contribution in [0.3, 0.4) is 0 Å². The molecule has 4 rings (SSSR count). The average molecular weight is 356 g/mol. The van der Waals surface area contributed by atoms with Crippen LogP contribution in [0, 0.1) is 11.8 Å². The minimum atomic E-state index is 0.170. The van der Waals surface area contributed by atoms with Gasteiger partial charge in [0, 0.05) is 16.7 Å². The normalized spacial score (nSPS) is 22.3. The van der Waals surface area contributed by atoms with E-state index in [1.807, 2.05) is 0 Å². The highest BCUT2D eigenvalue weighted by atomic mass is 14.7. The van der Waals surface area contributed by atoms with E-state index in [-0.39, 0.29) is 5.41 Å². The van der Waals surface area contributed by atoms with E-state index in [4.69, 9.17) is 4.98 Å². The number of benzene rings is 2. The topological polar surface area (TPSA) is 12.9 Å². The van der Waals surface area contributed by atoms with E-state index >= 15 is 0 Å². The van der Waals surface area contributed by atoms with Gasteiger partial charge in [0.2, 0.25) is 0 Å². The summed E-state index contributed by atoms with van der Waals surface area (Å²) in [6.45, 7) is 7.14. The maximum Gasteiger partial charge on any atom is 0.0711 e. The van der Waals surface area contributed by atoms with Gasteiger partial charge in [-0.1, -0.05) is 81.4 Å². The molecule has 27 heavy (non-hydrogen) atoms. The lowest BCUT2D eigenvalue weighted by Crippen LogP contribution is -2.21. The number of hydrogen-bond donors (Lipinski definition) is 0. The first kappa shape index (κ1) is 18.0. The number of pyridine rings is 1. The highest BCUT2D eigenvalue weighted by Crippen LogP contribution is 2.46. The molecule has 1 aliphatic rings. The van der Waals surface area contributed by atoms with Crippen molar-refractivity contribution in [1.29, 1.82) is 0 Å². The summed E-state index contributed by atoms with van der Waals surface area (Å²) in [4.78, 5) is 5.18. The van der Waals surface area contributed by atoms with Gasteiger partial charge in [-0.15, -0.1) is 0 Å². The SMILES string of the molecule is CC(C)[C@@H]1CC[C@@](C)(c2cc(-c3ccccc3)cc(-c3ccccc3)n2)C1. The zero-order valence-electron chi connectivity index (χ0n) is 16.7. The van der Waals surface area contributed by atoms with Crippen molar-refractivity contribution >= 4 is 0 Å². The van der Waals surface area contributed by atoms with Crippen LogP contribution in [0.1, 0.15) is 45.7 Å². The first-order chi connectivity index (χ1) is 13.0. The quantitative estimate of drug-likeness (QED) is 0.485. The first-order valence-corrected chi connectivity index (χ1v) is 10.2. The Hall–Kier alpha value is -2.41. The predicted molar refractivity (Wildman–Crippen MR) is 115 cm³/mol. The van der Waals surface area contributed by atoms with Crippen LogP contribution < -0.4 is 0 Å². The second-order valence-electron chi connectivity index (χ2n) is 8.67.